The van der Waals surface area contributed by atoms with Crippen molar-refractivity contribution in [3.05, 3.63) is 97.1 Å². The zero-order chi connectivity index (χ0) is 47.5. The van der Waals surface area contributed by atoms with Gasteiger partial charge in [-0.15, -0.1) is 0 Å². The van der Waals surface area contributed by atoms with Crippen molar-refractivity contribution in [3.8, 4) is 0 Å². The zero-order valence-corrected chi connectivity index (χ0v) is 38.4. The largest absolute Gasteiger partial charge is 0.482 e. The zero-order valence-electron chi connectivity index (χ0n) is 38.4. The van der Waals surface area contributed by atoms with Crippen molar-refractivity contribution in [3.63, 3.8) is 0 Å². The lowest BCUT2D eigenvalue weighted by Crippen LogP contribution is -2.63. The summed E-state index contributed by atoms with van der Waals surface area (Å²) in [5.41, 5.74) is 1.92. The van der Waals surface area contributed by atoms with E-state index in [0.717, 1.165) is 17.5 Å². The van der Waals surface area contributed by atoms with E-state index < -0.39 is 39.5 Å². The summed E-state index contributed by atoms with van der Waals surface area (Å²) in [6, 6.07) is 19.2. The highest BCUT2D eigenvalue weighted by atomic mass is 16.7. The third-order valence-electron chi connectivity index (χ3n) is 13.2. The van der Waals surface area contributed by atoms with Crippen LogP contribution in [0, 0.1) is 35.0 Å². The Bertz CT molecular complexity index is 1900. The molecule has 6 fully saturated rings. The average molecular weight is 900 g/mol. The molecule has 6 atom stereocenters. The Labute approximate surface area is 384 Å². The highest BCUT2D eigenvalue weighted by molar-refractivity contribution is 6.48. The topological polar surface area (TPSA) is 217 Å². The van der Waals surface area contributed by atoms with Crippen molar-refractivity contribution in [1.29, 1.82) is 0 Å². The summed E-state index contributed by atoms with van der Waals surface area (Å²) in [7, 11) is -3.34. The molecule has 16 nitrogen and oxygen atoms in total. The van der Waals surface area contributed by atoms with Crippen molar-refractivity contribution in [2.45, 2.75) is 90.2 Å². The minimum absolute atomic E-state index is 0.0388. The number of hydrogen-bond donors (Lipinski definition) is 6. The molecule has 6 N–H and O–H groups in total. The van der Waals surface area contributed by atoms with E-state index >= 15 is 0 Å². The Morgan fingerprint density at radius 1 is 0.815 bits per heavy atom. The fourth-order valence-corrected chi connectivity index (χ4v) is 9.26. The molecule has 0 radical (unpaired) electrons. The summed E-state index contributed by atoms with van der Waals surface area (Å²) in [5, 5.41) is 40.9. The van der Waals surface area contributed by atoms with Gasteiger partial charge in [0.05, 0.1) is 36.8 Å². The van der Waals surface area contributed by atoms with Gasteiger partial charge in [0, 0.05) is 38.0 Å². The maximum Gasteiger partial charge on any atom is 0.482 e. The summed E-state index contributed by atoms with van der Waals surface area (Å²) in [4.78, 5) is 50.8. The lowest BCUT2D eigenvalue weighted by atomic mass is 9.45. The monoisotopic (exact) mass is 901 g/mol. The molecule has 0 spiro atoms. The summed E-state index contributed by atoms with van der Waals surface area (Å²) in [6.45, 7) is 20.3. The normalized spacial score (nSPS) is 23.5. The predicted molar refractivity (Wildman–Crippen MR) is 248 cm³/mol. The van der Waals surface area contributed by atoms with Gasteiger partial charge in [0.25, 0.3) is 0 Å². The molecular weight excluding hydrogens is 833 g/mol. The summed E-state index contributed by atoms with van der Waals surface area (Å²) in [6.07, 6.45) is 4.92. The Hall–Kier alpha value is -4.65. The second kappa shape index (κ2) is 23.2. The number of alkyl carbamates (subject to hydrolysis) is 2. The smallest absolute Gasteiger partial charge is 0.449 e. The molecule has 65 heavy (non-hydrogen) atoms. The number of likely N-dealkylation sites (tertiary alicyclic amines) is 2. The molecule has 3 saturated heterocycles. The molecule has 352 valence electrons. The lowest BCUT2D eigenvalue weighted by molar-refractivity contribution is -0.185. The van der Waals surface area contributed by atoms with Crippen LogP contribution >= 0.6 is 0 Å². The second-order valence-electron chi connectivity index (χ2n) is 19.1. The van der Waals surface area contributed by atoms with Gasteiger partial charge in [-0.1, -0.05) is 102 Å². The van der Waals surface area contributed by atoms with E-state index in [4.69, 9.17) is 28.8 Å². The molecule has 3 saturated carbocycles. The van der Waals surface area contributed by atoms with Gasteiger partial charge in [-0.05, 0) is 85.4 Å². The van der Waals surface area contributed by atoms with E-state index in [9.17, 15) is 29.2 Å². The predicted octanol–water partition coefficient (Wildman–Crippen LogP) is 3.33. The van der Waals surface area contributed by atoms with Crippen LogP contribution in [0.2, 0.25) is 6.32 Å². The van der Waals surface area contributed by atoms with Crippen LogP contribution in [0.3, 0.4) is 0 Å². The van der Waals surface area contributed by atoms with Crippen LogP contribution in [-0.4, -0.2) is 138 Å². The number of rotatable bonds is 16. The van der Waals surface area contributed by atoms with Crippen LogP contribution in [-0.2, 0) is 41.2 Å². The number of carbonyl (C=O) groups is 4. The maximum absolute atomic E-state index is 12.7. The summed E-state index contributed by atoms with van der Waals surface area (Å²) >= 11 is 0. The van der Waals surface area contributed by atoms with Gasteiger partial charge < -0.3 is 59.3 Å². The van der Waals surface area contributed by atoms with Crippen LogP contribution in [0.15, 0.2) is 86.0 Å². The number of nitrogens with one attached hydrogen (secondary N) is 2. The first-order valence-electron chi connectivity index (χ1n) is 22.6. The van der Waals surface area contributed by atoms with Crippen molar-refractivity contribution in [2.75, 3.05) is 39.4 Å². The van der Waals surface area contributed by atoms with E-state index in [-0.39, 0.29) is 66.3 Å². The molecule has 4 amide bonds. The van der Waals surface area contributed by atoms with Crippen molar-refractivity contribution in [1.82, 2.24) is 20.4 Å². The molecule has 3 heterocycles. The van der Waals surface area contributed by atoms with E-state index in [2.05, 4.69) is 44.6 Å². The van der Waals surface area contributed by atoms with E-state index in [1.807, 2.05) is 74.5 Å². The summed E-state index contributed by atoms with van der Waals surface area (Å²) < 4.78 is 23.7. The first-order valence-corrected chi connectivity index (χ1v) is 22.6. The Morgan fingerprint density at radius 3 is 1.74 bits per heavy atom. The molecule has 2 aromatic carbocycles. The first-order chi connectivity index (χ1) is 30.8. The van der Waals surface area contributed by atoms with Crippen LogP contribution in [0.5, 0.6) is 0 Å². The molecule has 2 aromatic rings. The molecule has 8 rings (SSSR count). The number of benzene rings is 2. The molecule has 2 bridgehead atoms. The SMILES string of the molecule is C=CC(=O)N1CC(COC(=O)N[C@@H](Cc2ccccc2)B(O)O)C1.C=CC(=O)N1CC(COC(=O)N[C@@H](Cc2ccccc2)B2O[C@H]3[C@H]4C[C@@H](C[C@@]3(C)O2)C4(C)C)C1.CC(C)CB(O)O. The number of amides is 4. The van der Waals surface area contributed by atoms with Gasteiger partial charge >= 0.3 is 33.5 Å². The number of ether oxygens (including phenoxy) is 2. The van der Waals surface area contributed by atoms with Gasteiger partial charge in [-0.2, -0.15) is 0 Å². The molecule has 0 aromatic heterocycles. The Balaban J connectivity index is 0.000000223. The minimum atomic E-state index is -1.69. The van der Waals surface area contributed by atoms with Crippen LogP contribution in [0.25, 0.3) is 0 Å². The van der Waals surface area contributed by atoms with E-state index in [0.29, 0.717) is 56.7 Å². The van der Waals surface area contributed by atoms with E-state index in [1.54, 1.807) is 9.80 Å². The molecule has 19 heteroatoms. The highest BCUT2D eigenvalue weighted by Crippen LogP contribution is 2.64. The Kier molecular flexibility index (Phi) is 18.3. The molecule has 3 aliphatic heterocycles. The van der Waals surface area contributed by atoms with Gasteiger partial charge in [0.2, 0.25) is 11.8 Å². The van der Waals surface area contributed by atoms with Gasteiger partial charge in [-0.25, -0.2) is 9.59 Å². The Morgan fingerprint density at radius 2 is 1.31 bits per heavy atom. The molecule has 3 aliphatic carbocycles. The van der Waals surface area contributed by atoms with Crippen LogP contribution in [0.1, 0.15) is 58.6 Å². The molecule has 0 unspecified atom stereocenters. The van der Waals surface area contributed by atoms with Gasteiger partial charge in [0.1, 0.15) is 0 Å². The fraction of sp³-hybridized carbons (Fsp3) is 0.565. The number of nitrogens with zero attached hydrogens (tertiary/aromatic N) is 2. The second-order valence-corrected chi connectivity index (χ2v) is 19.1. The van der Waals surface area contributed by atoms with Crippen LogP contribution in [0.4, 0.5) is 9.59 Å². The van der Waals surface area contributed by atoms with Gasteiger partial charge in [0.15, 0.2) is 0 Å². The number of hydrogen-bond acceptors (Lipinski definition) is 12. The maximum atomic E-state index is 12.7. The minimum Gasteiger partial charge on any atom is -0.449 e. The first kappa shape index (κ1) is 51.3. The third-order valence-corrected chi connectivity index (χ3v) is 13.2. The number of carbonyl (C=O) groups excluding carboxylic acids is 4. The standard InChI is InChI=1S/C26H35BN2O5.C16H21BN2O5.C4H11BO2/c1-5-22(30)29-14-18(15-29)16-32-24(31)28-21(11-17-9-7-6-8-10-17)27-33-23-20-12-19(25(20,2)3)13-26(23,4)34-27;1-2-15(20)19-9-13(10-19)11-24-16(21)18-14(17(22)23)8-12-6-4-3-5-7-12;1-4(2)3-5(6)7/h5-10,18-21,23H,1,11-16H2,2-4H3,(H,28,31);2-7,13-14,22-23H,1,8-11H2,(H,18,21);4,6-7H,3H2,1-2H3/t19-,20+,21-,23-,26+;14-;/m00./s1. The fourth-order valence-electron chi connectivity index (χ4n) is 9.26. The van der Waals surface area contributed by atoms with Gasteiger partial charge in [-0.3, -0.25) is 9.59 Å². The van der Waals surface area contributed by atoms with Crippen molar-refractivity contribution >= 4 is 45.4 Å². The van der Waals surface area contributed by atoms with E-state index in [1.165, 1.54) is 18.6 Å². The van der Waals surface area contributed by atoms with Crippen LogP contribution < -0.4 is 10.6 Å². The quantitative estimate of drug-likeness (QED) is 0.106. The highest BCUT2D eigenvalue weighted by Gasteiger charge is 2.67. The average Bonchev–Trinajstić information content (AvgIpc) is 3.60. The lowest BCUT2D eigenvalue weighted by Gasteiger charge is -2.63. The van der Waals surface area contributed by atoms with Crippen molar-refractivity contribution < 1.29 is 58.1 Å². The molecular formula is C46H67B3N4O12. The third kappa shape index (κ3) is 14.2. The summed E-state index contributed by atoms with van der Waals surface area (Å²) in [5.74, 6) is 0.297. The van der Waals surface area contributed by atoms with Crippen molar-refractivity contribution in [2.24, 2.45) is 35.0 Å². The molecule has 6 aliphatic rings.